The number of aromatic carboxylic acids is 1. The van der Waals surface area contributed by atoms with Crippen molar-refractivity contribution in [2.45, 2.75) is 0 Å². The number of nitrogens with zero attached hydrogens (tertiary/aromatic N) is 3. The van der Waals surface area contributed by atoms with E-state index in [9.17, 15) is 14.9 Å². The highest BCUT2D eigenvalue weighted by Gasteiger charge is 2.24. The molecule has 8 nitrogen and oxygen atoms in total. The summed E-state index contributed by atoms with van der Waals surface area (Å²) in [6, 6.07) is 4.29. The maximum absolute atomic E-state index is 11.1. The van der Waals surface area contributed by atoms with Gasteiger partial charge in [-0.3, -0.25) is 4.57 Å². The Morgan fingerprint density at radius 1 is 1.55 bits per heavy atom. The Balaban J connectivity index is 2.50. The molecule has 104 valence electrons. The highest BCUT2D eigenvalue weighted by atomic mass is 79.9. The first-order valence-electron chi connectivity index (χ1n) is 5.26. The van der Waals surface area contributed by atoms with Crippen molar-refractivity contribution in [1.82, 2.24) is 9.55 Å². The number of nitro groups is 1. The molecule has 0 atom stereocenters. The van der Waals surface area contributed by atoms with Crippen LogP contribution in [0.1, 0.15) is 10.4 Å². The first-order valence-corrected chi connectivity index (χ1v) is 6.06. The van der Waals surface area contributed by atoms with Gasteiger partial charge in [0.15, 0.2) is 0 Å². The summed E-state index contributed by atoms with van der Waals surface area (Å²) >= 11 is 3.19. The second-order valence-electron chi connectivity index (χ2n) is 3.79. The van der Waals surface area contributed by atoms with Gasteiger partial charge in [0.25, 0.3) is 0 Å². The lowest BCUT2D eigenvalue weighted by Gasteiger charge is -2.08. The van der Waals surface area contributed by atoms with Crippen LogP contribution in [0.15, 0.2) is 29.0 Å². The molecule has 0 spiro atoms. The molecule has 1 aromatic carbocycles. The number of halogens is 1. The highest BCUT2D eigenvalue weighted by molar-refractivity contribution is 9.10. The van der Waals surface area contributed by atoms with Crippen LogP contribution >= 0.6 is 15.9 Å². The Kier molecular flexibility index (Phi) is 3.70. The first-order chi connectivity index (χ1) is 9.40. The maximum Gasteiger partial charge on any atom is 0.427 e. The number of aromatic nitrogens is 2. The van der Waals surface area contributed by atoms with Crippen molar-refractivity contribution in [3.63, 3.8) is 0 Å². The van der Waals surface area contributed by atoms with Crippen molar-refractivity contribution in [2.24, 2.45) is 7.05 Å². The van der Waals surface area contributed by atoms with Gasteiger partial charge < -0.3 is 20.0 Å². The molecular weight excluding hydrogens is 334 g/mol. The van der Waals surface area contributed by atoms with Crippen LogP contribution in [0.4, 0.5) is 5.82 Å². The summed E-state index contributed by atoms with van der Waals surface area (Å²) in [6.07, 6.45) is 1.21. The lowest BCUT2D eigenvalue weighted by Crippen LogP contribution is -2.02. The second kappa shape index (κ2) is 5.29. The van der Waals surface area contributed by atoms with Crippen LogP contribution in [0, 0.1) is 10.1 Å². The summed E-state index contributed by atoms with van der Waals surface area (Å²) in [6.45, 7) is 0. The summed E-state index contributed by atoms with van der Waals surface area (Å²) in [7, 11) is 1.51. The monoisotopic (exact) mass is 341 g/mol. The van der Waals surface area contributed by atoms with E-state index < -0.39 is 16.7 Å². The Morgan fingerprint density at radius 2 is 2.25 bits per heavy atom. The van der Waals surface area contributed by atoms with E-state index in [1.165, 1.54) is 36.1 Å². The number of rotatable bonds is 4. The largest absolute Gasteiger partial charge is 0.478 e. The van der Waals surface area contributed by atoms with Gasteiger partial charge in [0.1, 0.15) is 11.3 Å². The Bertz CT molecular complexity index is 697. The number of hydrogen-bond donors (Lipinski definition) is 1. The van der Waals surface area contributed by atoms with E-state index in [0.717, 1.165) is 0 Å². The third kappa shape index (κ3) is 2.62. The van der Waals surface area contributed by atoms with Gasteiger partial charge in [-0.25, -0.2) is 4.79 Å². The van der Waals surface area contributed by atoms with Gasteiger partial charge >= 0.3 is 17.7 Å². The molecule has 2 aromatic rings. The fraction of sp³-hybridized carbons (Fsp3) is 0.0909. The van der Waals surface area contributed by atoms with Crippen LogP contribution in [0.25, 0.3) is 0 Å². The summed E-state index contributed by atoms with van der Waals surface area (Å²) in [5, 5.41) is 19.9. The van der Waals surface area contributed by atoms with Gasteiger partial charge in [0.05, 0.1) is 0 Å². The van der Waals surface area contributed by atoms with Crippen molar-refractivity contribution in [3.05, 3.63) is 44.7 Å². The maximum atomic E-state index is 11.1. The van der Waals surface area contributed by atoms with Crippen molar-refractivity contribution in [2.75, 3.05) is 0 Å². The van der Waals surface area contributed by atoms with Crippen LogP contribution < -0.4 is 4.74 Å². The van der Waals surface area contributed by atoms with Gasteiger partial charge in [0.2, 0.25) is 6.33 Å². The van der Waals surface area contributed by atoms with Crippen molar-refractivity contribution >= 4 is 27.7 Å². The molecule has 0 unspecified atom stereocenters. The standard InChI is InChI=1S/C11H8BrN3O5/c1-14-5-13-9(15(18)19)10(14)20-8-4-6(12)2-3-7(8)11(16)17/h2-5H,1H3,(H,16,17). The Morgan fingerprint density at radius 3 is 2.85 bits per heavy atom. The lowest BCUT2D eigenvalue weighted by molar-refractivity contribution is -0.390. The molecule has 1 aromatic heterocycles. The Hall–Kier alpha value is -2.42. The minimum Gasteiger partial charge on any atom is -0.478 e. The number of aryl methyl sites for hydroxylation is 1. The molecule has 0 aliphatic heterocycles. The molecule has 0 amide bonds. The fourth-order valence-corrected chi connectivity index (χ4v) is 1.85. The number of benzene rings is 1. The van der Waals surface area contributed by atoms with E-state index in [-0.39, 0.29) is 17.2 Å². The van der Waals surface area contributed by atoms with E-state index >= 15 is 0 Å². The van der Waals surface area contributed by atoms with Gasteiger partial charge in [-0.2, -0.15) is 0 Å². The molecule has 0 saturated heterocycles. The minimum atomic E-state index is -1.20. The van der Waals surface area contributed by atoms with Gasteiger partial charge in [-0.15, -0.1) is 0 Å². The second-order valence-corrected chi connectivity index (χ2v) is 4.70. The minimum absolute atomic E-state index is 0.0152. The van der Waals surface area contributed by atoms with Crippen LogP contribution in [0.2, 0.25) is 0 Å². The first kappa shape index (κ1) is 14.0. The number of ether oxygens (including phenoxy) is 1. The highest BCUT2D eigenvalue weighted by Crippen LogP contribution is 2.33. The van der Waals surface area contributed by atoms with E-state index in [0.29, 0.717) is 4.47 Å². The molecule has 1 N–H and O–H groups in total. The molecule has 0 fully saturated rings. The molecule has 9 heteroatoms. The van der Waals surface area contributed by atoms with Crippen molar-refractivity contribution in [1.29, 1.82) is 0 Å². The van der Waals surface area contributed by atoms with E-state index in [4.69, 9.17) is 9.84 Å². The average Bonchev–Trinajstić information content (AvgIpc) is 2.71. The smallest absolute Gasteiger partial charge is 0.427 e. The average molecular weight is 342 g/mol. The van der Waals surface area contributed by atoms with Crippen LogP contribution in [-0.4, -0.2) is 25.6 Å². The summed E-state index contributed by atoms with van der Waals surface area (Å²) in [5.41, 5.74) is -0.108. The molecule has 0 radical (unpaired) electrons. The summed E-state index contributed by atoms with van der Waals surface area (Å²) in [4.78, 5) is 24.8. The number of carboxylic acid groups (broad SMARTS) is 1. The Labute approximate surface area is 120 Å². The third-order valence-electron chi connectivity index (χ3n) is 2.42. The van der Waals surface area contributed by atoms with Crippen LogP contribution in [0.3, 0.4) is 0 Å². The molecule has 0 aliphatic rings. The summed E-state index contributed by atoms with van der Waals surface area (Å²) in [5.74, 6) is -1.84. The van der Waals surface area contributed by atoms with E-state index in [1.807, 2.05) is 0 Å². The van der Waals surface area contributed by atoms with E-state index in [1.54, 1.807) is 0 Å². The van der Waals surface area contributed by atoms with Crippen molar-refractivity contribution in [3.8, 4) is 11.6 Å². The molecule has 1 heterocycles. The molecular formula is C11H8BrN3O5. The molecule has 0 saturated carbocycles. The molecule has 2 rings (SSSR count). The SMILES string of the molecule is Cn1cnc([N+](=O)[O-])c1Oc1cc(Br)ccc1C(=O)O. The number of carboxylic acids is 1. The van der Waals surface area contributed by atoms with Gasteiger partial charge in [0, 0.05) is 11.5 Å². The van der Waals surface area contributed by atoms with Crippen LogP contribution in [0.5, 0.6) is 11.6 Å². The van der Waals surface area contributed by atoms with Gasteiger partial charge in [-0.05, 0) is 28.1 Å². The van der Waals surface area contributed by atoms with E-state index in [2.05, 4.69) is 20.9 Å². The zero-order valence-corrected chi connectivity index (χ0v) is 11.7. The fourth-order valence-electron chi connectivity index (χ4n) is 1.51. The van der Waals surface area contributed by atoms with Gasteiger partial charge in [-0.1, -0.05) is 15.9 Å². The number of imidazole rings is 1. The van der Waals surface area contributed by atoms with Crippen molar-refractivity contribution < 1.29 is 19.6 Å². The summed E-state index contributed by atoms with van der Waals surface area (Å²) < 4.78 is 7.24. The lowest BCUT2D eigenvalue weighted by atomic mass is 10.2. The third-order valence-corrected chi connectivity index (χ3v) is 2.91. The van der Waals surface area contributed by atoms with Crippen LogP contribution in [-0.2, 0) is 7.05 Å². The molecule has 0 bridgehead atoms. The zero-order chi connectivity index (χ0) is 14.9. The predicted molar refractivity (Wildman–Crippen MR) is 71.0 cm³/mol. The quantitative estimate of drug-likeness (QED) is 0.676. The zero-order valence-electron chi connectivity index (χ0n) is 10.1. The molecule has 0 aliphatic carbocycles. The molecule has 20 heavy (non-hydrogen) atoms. The predicted octanol–water partition coefficient (Wildman–Crippen LogP) is 2.58. The number of carbonyl (C=O) groups is 1. The number of hydrogen-bond acceptors (Lipinski definition) is 5. The topological polar surface area (TPSA) is 107 Å². The normalized spacial score (nSPS) is 10.3.